The predicted octanol–water partition coefficient (Wildman–Crippen LogP) is 5.22. The molecule has 1 aromatic heterocycles. The molecule has 4 heteroatoms. The van der Waals surface area contributed by atoms with Crippen LogP contribution in [0.1, 0.15) is 22.5 Å². The summed E-state index contributed by atoms with van der Waals surface area (Å²) in [5.41, 5.74) is 3.56. The molecule has 24 heavy (non-hydrogen) atoms. The van der Waals surface area contributed by atoms with Crippen molar-refractivity contribution in [1.82, 2.24) is 5.32 Å². The van der Waals surface area contributed by atoms with Crippen LogP contribution >= 0.6 is 15.9 Å². The van der Waals surface area contributed by atoms with Crippen molar-refractivity contribution in [2.75, 3.05) is 0 Å². The van der Waals surface area contributed by atoms with Crippen molar-refractivity contribution in [2.45, 2.75) is 26.6 Å². The van der Waals surface area contributed by atoms with Crippen molar-refractivity contribution in [3.63, 3.8) is 0 Å². The molecule has 0 unspecified atom stereocenters. The zero-order valence-electron chi connectivity index (χ0n) is 13.6. The Labute approximate surface area is 150 Å². The number of ether oxygens (including phenoxy) is 1. The van der Waals surface area contributed by atoms with Crippen LogP contribution in [0.4, 0.5) is 0 Å². The van der Waals surface area contributed by atoms with E-state index >= 15 is 0 Å². The fourth-order valence-corrected chi connectivity index (χ4v) is 2.90. The van der Waals surface area contributed by atoms with Crippen molar-refractivity contribution in [3.8, 4) is 5.75 Å². The van der Waals surface area contributed by atoms with Crippen LogP contribution in [0.15, 0.2) is 69.8 Å². The third-order valence-corrected chi connectivity index (χ3v) is 4.35. The van der Waals surface area contributed by atoms with Crippen LogP contribution in [0.5, 0.6) is 5.75 Å². The molecule has 1 heterocycles. The highest BCUT2D eigenvalue weighted by molar-refractivity contribution is 9.10. The maximum Gasteiger partial charge on any atom is 0.124 e. The van der Waals surface area contributed by atoms with Gasteiger partial charge in [0.2, 0.25) is 0 Å². The topological polar surface area (TPSA) is 34.4 Å². The summed E-state index contributed by atoms with van der Waals surface area (Å²) in [6.07, 6.45) is 1.69. The molecule has 0 atom stereocenters. The minimum atomic E-state index is 0.569. The molecule has 2 aromatic carbocycles. The second-order valence-electron chi connectivity index (χ2n) is 5.65. The molecule has 0 aliphatic heterocycles. The van der Waals surface area contributed by atoms with E-state index in [2.05, 4.69) is 46.4 Å². The first-order chi connectivity index (χ1) is 11.7. The molecule has 0 spiro atoms. The Balaban J connectivity index is 1.65. The van der Waals surface area contributed by atoms with E-state index in [1.54, 1.807) is 6.26 Å². The minimum absolute atomic E-state index is 0.569. The van der Waals surface area contributed by atoms with E-state index in [9.17, 15) is 0 Å². The summed E-state index contributed by atoms with van der Waals surface area (Å²) in [7, 11) is 0. The van der Waals surface area contributed by atoms with E-state index in [1.165, 1.54) is 11.1 Å². The van der Waals surface area contributed by atoms with Crippen LogP contribution in [0.25, 0.3) is 0 Å². The quantitative estimate of drug-likeness (QED) is 0.605. The van der Waals surface area contributed by atoms with Gasteiger partial charge in [-0.1, -0.05) is 40.2 Å². The van der Waals surface area contributed by atoms with Gasteiger partial charge >= 0.3 is 0 Å². The molecule has 0 amide bonds. The lowest BCUT2D eigenvalue weighted by atomic mass is 10.1. The second kappa shape index (κ2) is 8.18. The standard InChI is InChI=1S/C20H20BrNO2/c1-15-5-2-3-6-16(15)14-24-20-9-8-18(21)11-17(20)12-22-13-19-7-4-10-23-19/h2-11,22H,12-14H2,1H3. The van der Waals surface area contributed by atoms with E-state index < -0.39 is 0 Å². The first-order valence-electron chi connectivity index (χ1n) is 7.91. The Hall–Kier alpha value is -2.04. The Kier molecular flexibility index (Phi) is 5.72. The Bertz CT molecular complexity index is 784. The van der Waals surface area contributed by atoms with Crippen LogP contribution in [0.3, 0.4) is 0 Å². The molecule has 124 valence electrons. The zero-order chi connectivity index (χ0) is 16.8. The molecule has 3 rings (SSSR count). The van der Waals surface area contributed by atoms with Gasteiger partial charge in [-0.05, 0) is 48.4 Å². The van der Waals surface area contributed by atoms with Gasteiger partial charge in [-0.2, -0.15) is 0 Å². The zero-order valence-corrected chi connectivity index (χ0v) is 15.2. The van der Waals surface area contributed by atoms with Crippen LogP contribution in [0.2, 0.25) is 0 Å². The molecule has 3 nitrogen and oxygen atoms in total. The van der Waals surface area contributed by atoms with Gasteiger partial charge in [-0.15, -0.1) is 0 Å². The molecule has 0 saturated heterocycles. The SMILES string of the molecule is Cc1ccccc1COc1ccc(Br)cc1CNCc1ccco1. The first-order valence-corrected chi connectivity index (χ1v) is 8.70. The summed E-state index contributed by atoms with van der Waals surface area (Å²) in [4.78, 5) is 0. The average Bonchev–Trinajstić information content (AvgIpc) is 3.09. The van der Waals surface area contributed by atoms with Crippen LogP contribution in [0, 0.1) is 6.92 Å². The van der Waals surface area contributed by atoms with Crippen molar-refractivity contribution in [3.05, 3.63) is 87.8 Å². The molecule has 0 bridgehead atoms. The Morgan fingerprint density at radius 3 is 2.67 bits per heavy atom. The largest absolute Gasteiger partial charge is 0.489 e. The van der Waals surface area contributed by atoms with E-state index in [1.807, 2.05) is 36.4 Å². The van der Waals surface area contributed by atoms with Gasteiger partial charge in [-0.25, -0.2) is 0 Å². The van der Waals surface area contributed by atoms with Crippen LogP contribution < -0.4 is 10.1 Å². The van der Waals surface area contributed by atoms with Gasteiger partial charge in [-0.3, -0.25) is 0 Å². The molecular weight excluding hydrogens is 366 g/mol. The Morgan fingerprint density at radius 1 is 1.00 bits per heavy atom. The first kappa shape index (κ1) is 16.8. The molecule has 0 radical (unpaired) electrons. The maximum absolute atomic E-state index is 6.06. The van der Waals surface area contributed by atoms with Gasteiger partial charge in [0.15, 0.2) is 0 Å². The monoisotopic (exact) mass is 385 g/mol. The minimum Gasteiger partial charge on any atom is -0.489 e. The molecule has 0 aliphatic rings. The second-order valence-corrected chi connectivity index (χ2v) is 6.57. The number of hydrogen-bond acceptors (Lipinski definition) is 3. The lowest BCUT2D eigenvalue weighted by molar-refractivity contribution is 0.301. The number of rotatable bonds is 7. The lowest BCUT2D eigenvalue weighted by Crippen LogP contribution is -2.13. The number of halogens is 1. The van der Waals surface area contributed by atoms with E-state index in [4.69, 9.17) is 9.15 Å². The average molecular weight is 386 g/mol. The van der Waals surface area contributed by atoms with Crippen LogP contribution in [-0.4, -0.2) is 0 Å². The number of aryl methyl sites for hydroxylation is 1. The van der Waals surface area contributed by atoms with Crippen molar-refractivity contribution in [1.29, 1.82) is 0 Å². The van der Waals surface area contributed by atoms with Gasteiger partial charge in [0.1, 0.15) is 18.1 Å². The fourth-order valence-electron chi connectivity index (χ4n) is 2.49. The smallest absolute Gasteiger partial charge is 0.124 e. The number of hydrogen-bond donors (Lipinski definition) is 1. The summed E-state index contributed by atoms with van der Waals surface area (Å²) in [6, 6.07) is 18.2. The highest BCUT2D eigenvalue weighted by Gasteiger charge is 2.07. The summed E-state index contributed by atoms with van der Waals surface area (Å²) >= 11 is 3.53. The van der Waals surface area contributed by atoms with Crippen molar-refractivity contribution < 1.29 is 9.15 Å². The van der Waals surface area contributed by atoms with E-state index in [0.717, 1.165) is 21.5 Å². The Morgan fingerprint density at radius 2 is 1.88 bits per heavy atom. The third kappa shape index (κ3) is 4.49. The highest BCUT2D eigenvalue weighted by atomic mass is 79.9. The molecule has 1 N–H and O–H groups in total. The van der Waals surface area contributed by atoms with Crippen LogP contribution in [-0.2, 0) is 19.7 Å². The predicted molar refractivity (Wildman–Crippen MR) is 98.9 cm³/mol. The number of benzene rings is 2. The summed E-state index contributed by atoms with van der Waals surface area (Å²) in [6.45, 7) is 4.07. The number of nitrogens with one attached hydrogen (secondary N) is 1. The molecule has 3 aromatic rings. The van der Waals surface area contributed by atoms with Gasteiger partial charge in [0, 0.05) is 16.6 Å². The molecule has 0 saturated carbocycles. The molecule has 0 fully saturated rings. The normalized spacial score (nSPS) is 10.8. The van der Waals surface area contributed by atoms with E-state index in [0.29, 0.717) is 19.7 Å². The van der Waals surface area contributed by atoms with Crippen molar-refractivity contribution >= 4 is 15.9 Å². The van der Waals surface area contributed by atoms with Gasteiger partial charge < -0.3 is 14.5 Å². The fraction of sp³-hybridized carbons (Fsp3) is 0.200. The van der Waals surface area contributed by atoms with Gasteiger partial charge in [0.25, 0.3) is 0 Å². The van der Waals surface area contributed by atoms with Crippen molar-refractivity contribution in [2.24, 2.45) is 0 Å². The van der Waals surface area contributed by atoms with E-state index in [-0.39, 0.29) is 0 Å². The summed E-state index contributed by atoms with van der Waals surface area (Å²) in [5, 5.41) is 3.39. The van der Waals surface area contributed by atoms with Gasteiger partial charge in [0.05, 0.1) is 12.8 Å². The highest BCUT2D eigenvalue weighted by Crippen LogP contribution is 2.24. The molecule has 0 aliphatic carbocycles. The maximum atomic E-state index is 6.06. The summed E-state index contributed by atoms with van der Waals surface area (Å²) in [5.74, 6) is 1.82. The number of furan rings is 1. The lowest BCUT2D eigenvalue weighted by Gasteiger charge is -2.14. The molecular formula is C20H20BrNO2. The third-order valence-electron chi connectivity index (χ3n) is 3.86. The summed E-state index contributed by atoms with van der Waals surface area (Å²) < 4.78 is 12.4.